The summed E-state index contributed by atoms with van der Waals surface area (Å²) in [6.07, 6.45) is 9.04. The number of nitrogens with zero attached hydrogens (tertiary/aromatic N) is 1. The fraction of sp³-hybridized carbons (Fsp3) is 0.357. The molecule has 6 heteroatoms. The minimum absolute atomic E-state index is 0.0872. The zero-order chi connectivity index (χ0) is 24.3. The first kappa shape index (κ1) is 23.6. The lowest BCUT2D eigenvalue weighted by atomic mass is 9.99. The summed E-state index contributed by atoms with van der Waals surface area (Å²) in [6.45, 7) is 4.88. The van der Waals surface area contributed by atoms with E-state index in [4.69, 9.17) is 9.47 Å². The molecule has 2 aromatic carbocycles. The minimum atomic E-state index is -0.430. The predicted octanol–water partition coefficient (Wildman–Crippen LogP) is 5.00. The predicted molar refractivity (Wildman–Crippen MR) is 131 cm³/mol. The molecule has 34 heavy (non-hydrogen) atoms. The first-order valence-electron chi connectivity index (χ1n) is 11.5. The Kier molecular flexibility index (Phi) is 6.77. The van der Waals surface area contributed by atoms with Crippen molar-refractivity contribution in [3.05, 3.63) is 70.8 Å². The van der Waals surface area contributed by atoms with Crippen LogP contribution in [0.5, 0.6) is 11.5 Å². The molecule has 0 spiro atoms. The van der Waals surface area contributed by atoms with E-state index in [1.54, 1.807) is 13.2 Å². The van der Waals surface area contributed by atoms with Gasteiger partial charge in [0.25, 0.3) is 0 Å². The molecule has 0 aromatic heterocycles. The van der Waals surface area contributed by atoms with E-state index >= 15 is 0 Å². The molecule has 1 saturated carbocycles. The lowest BCUT2D eigenvalue weighted by molar-refractivity contribution is -0.135. The van der Waals surface area contributed by atoms with Gasteiger partial charge in [-0.1, -0.05) is 36.4 Å². The van der Waals surface area contributed by atoms with Crippen molar-refractivity contribution in [3.63, 3.8) is 0 Å². The second-order valence-electron chi connectivity index (χ2n) is 9.29. The van der Waals surface area contributed by atoms with Gasteiger partial charge in [-0.3, -0.25) is 4.79 Å². The first-order valence-corrected chi connectivity index (χ1v) is 11.5. The van der Waals surface area contributed by atoms with Crippen LogP contribution in [0.15, 0.2) is 48.6 Å². The van der Waals surface area contributed by atoms with E-state index in [2.05, 4.69) is 4.74 Å². The number of hydrogen-bond donors (Lipinski definition) is 0. The Morgan fingerprint density at radius 3 is 2.65 bits per heavy atom. The van der Waals surface area contributed by atoms with E-state index in [9.17, 15) is 9.59 Å². The lowest BCUT2D eigenvalue weighted by Crippen LogP contribution is -2.32. The van der Waals surface area contributed by atoms with Crippen LogP contribution in [0.4, 0.5) is 0 Å². The molecule has 0 atom stereocenters. The molecule has 0 N–H and O–H groups in total. The van der Waals surface area contributed by atoms with E-state index in [1.807, 2.05) is 67.3 Å². The van der Waals surface area contributed by atoms with Crippen LogP contribution >= 0.6 is 0 Å². The summed E-state index contributed by atoms with van der Waals surface area (Å²) in [5, 5.41) is 0. The molecule has 1 aliphatic heterocycles. The summed E-state index contributed by atoms with van der Waals surface area (Å²) >= 11 is 0. The third-order valence-electron chi connectivity index (χ3n) is 5.99. The monoisotopic (exact) mass is 461 g/mol. The van der Waals surface area contributed by atoms with Gasteiger partial charge in [-0.25, -0.2) is 4.79 Å². The van der Waals surface area contributed by atoms with Crippen molar-refractivity contribution in [1.82, 2.24) is 4.90 Å². The van der Waals surface area contributed by atoms with Gasteiger partial charge in [-0.15, -0.1) is 0 Å². The van der Waals surface area contributed by atoms with Crippen molar-refractivity contribution >= 4 is 24.0 Å². The van der Waals surface area contributed by atoms with Crippen LogP contribution in [0.25, 0.3) is 12.2 Å². The number of carbonyl (C=O) groups is 2. The highest BCUT2D eigenvalue weighted by molar-refractivity contribution is 5.87. The maximum atomic E-state index is 13.2. The summed E-state index contributed by atoms with van der Waals surface area (Å²) in [5.74, 6) is 1.20. The van der Waals surface area contributed by atoms with E-state index < -0.39 is 11.6 Å². The van der Waals surface area contributed by atoms with Crippen LogP contribution in [0.3, 0.4) is 0 Å². The molecule has 1 fully saturated rings. The third kappa shape index (κ3) is 5.50. The number of rotatable bonds is 8. The van der Waals surface area contributed by atoms with Crippen LogP contribution in [-0.4, -0.2) is 36.6 Å². The Balaban J connectivity index is 1.60. The molecule has 1 amide bonds. The SMILES string of the molecule is COC(=O)C=Cc1cccc(CN(Cc2ccc3c(c2OC)OC(C)(C)C=C3)C(=O)C2CC2)c1. The Morgan fingerprint density at radius 2 is 1.94 bits per heavy atom. The molecule has 2 aromatic rings. The van der Waals surface area contributed by atoms with Gasteiger partial charge < -0.3 is 19.1 Å². The zero-order valence-electron chi connectivity index (χ0n) is 20.2. The van der Waals surface area contributed by atoms with Crippen molar-refractivity contribution in [1.29, 1.82) is 0 Å². The summed E-state index contributed by atoms with van der Waals surface area (Å²) < 4.78 is 16.7. The van der Waals surface area contributed by atoms with Crippen molar-refractivity contribution in [3.8, 4) is 11.5 Å². The first-order chi connectivity index (χ1) is 16.3. The van der Waals surface area contributed by atoms with Gasteiger partial charge in [0.1, 0.15) is 5.60 Å². The molecular weight excluding hydrogens is 430 g/mol. The second-order valence-corrected chi connectivity index (χ2v) is 9.29. The number of methoxy groups -OCH3 is 2. The number of fused-ring (bicyclic) bond motifs is 1. The van der Waals surface area contributed by atoms with Gasteiger partial charge >= 0.3 is 5.97 Å². The number of esters is 1. The normalized spacial score (nSPS) is 16.0. The summed E-state index contributed by atoms with van der Waals surface area (Å²) in [7, 11) is 2.99. The molecule has 2 aliphatic rings. The number of benzene rings is 2. The van der Waals surface area contributed by atoms with E-state index in [0.717, 1.165) is 35.1 Å². The van der Waals surface area contributed by atoms with Crippen LogP contribution in [0.2, 0.25) is 0 Å². The maximum absolute atomic E-state index is 13.2. The fourth-order valence-corrected chi connectivity index (χ4v) is 4.04. The van der Waals surface area contributed by atoms with Crippen molar-refractivity contribution in [2.45, 2.75) is 45.4 Å². The van der Waals surface area contributed by atoms with Gasteiger partial charge in [0.05, 0.1) is 14.2 Å². The molecule has 4 rings (SSSR count). The molecule has 0 radical (unpaired) electrons. The van der Waals surface area contributed by atoms with Crippen LogP contribution in [0, 0.1) is 5.92 Å². The molecular formula is C28H31NO5. The Bertz CT molecular complexity index is 1140. The average Bonchev–Trinajstić information content (AvgIpc) is 3.66. The second kappa shape index (κ2) is 9.75. The lowest BCUT2D eigenvalue weighted by Gasteiger charge is -2.31. The summed E-state index contributed by atoms with van der Waals surface area (Å²) in [4.78, 5) is 26.5. The number of carbonyl (C=O) groups excluding carboxylic acids is 2. The van der Waals surface area contributed by atoms with Gasteiger partial charge in [0, 0.05) is 36.2 Å². The molecule has 1 heterocycles. The Labute approximate surface area is 200 Å². The smallest absolute Gasteiger partial charge is 0.330 e. The standard InChI is InChI=1S/C28H31NO5/c1-28(2)15-14-21-9-12-23(25(33-4)26(21)34-28)18-29(27(31)22-10-11-22)17-20-7-5-6-19(16-20)8-13-24(30)32-3/h5-9,12-16,22H,10-11,17-18H2,1-4H3. The molecule has 0 saturated heterocycles. The molecule has 0 unspecified atom stereocenters. The summed E-state index contributed by atoms with van der Waals surface area (Å²) in [6, 6.07) is 11.8. The Morgan fingerprint density at radius 1 is 1.15 bits per heavy atom. The van der Waals surface area contributed by atoms with Gasteiger partial charge in [-0.2, -0.15) is 0 Å². The summed E-state index contributed by atoms with van der Waals surface area (Å²) in [5.41, 5.74) is 3.29. The van der Waals surface area contributed by atoms with Crippen molar-refractivity contribution < 1.29 is 23.8 Å². The highest BCUT2D eigenvalue weighted by Crippen LogP contribution is 2.42. The number of ether oxygens (including phenoxy) is 3. The largest absolute Gasteiger partial charge is 0.492 e. The van der Waals surface area contributed by atoms with Crippen molar-refractivity contribution in [2.75, 3.05) is 14.2 Å². The molecule has 0 bridgehead atoms. The molecule has 1 aliphatic carbocycles. The maximum Gasteiger partial charge on any atom is 0.330 e. The van der Waals surface area contributed by atoms with Gasteiger partial charge in [0.15, 0.2) is 11.5 Å². The fourth-order valence-electron chi connectivity index (χ4n) is 4.04. The average molecular weight is 462 g/mol. The van der Waals surface area contributed by atoms with Crippen LogP contribution in [0.1, 0.15) is 48.9 Å². The molecule has 178 valence electrons. The van der Waals surface area contributed by atoms with Crippen molar-refractivity contribution in [2.24, 2.45) is 5.92 Å². The number of hydrogen-bond acceptors (Lipinski definition) is 5. The highest BCUT2D eigenvalue weighted by atomic mass is 16.5. The Hall–Kier alpha value is -3.54. The van der Waals surface area contributed by atoms with Crippen LogP contribution in [-0.2, 0) is 27.4 Å². The van der Waals surface area contributed by atoms with E-state index in [-0.39, 0.29) is 11.8 Å². The third-order valence-corrected chi connectivity index (χ3v) is 5.99. The highest BCUT2D eigenvalue weighted by Gasteiger charge is 2.34. The zero-order valence-corrected chi connectivity index (χ0v) is 20.2. The minimum Gasteiger partial charge on any atom is -0.492 e. The van der Waals surface area contributed by atoms with Gasteiger partial charge in [-0.05, 0) is 56.0 Å². The van der Waals surface area contributed by atoms with E-state index in [0.29, 0.717) is 24.6 Å². The topological polar surface area (TPSA) is 65.1 Å². The molecule has 6 nitrogen and oxygen atoms in total. The van der Waals surface area contributed by atoms with Crippen LogP contribution < -0.4 is 9.47 Å². The van der Waals surface area contributed by atoms with E-state index in [1.165, 1.54) is 13.2 Å². The number of amides is 1. The quantitative estimate of drug-likeness (QED) is 0.409. The van der Waals surface area contributed by atoms with Gasteiger partial charge in [0.2, 0.25) is 5.91 Å².